The van der Waals surface area contributed by atoms with E-state index in [1.165, 1.54) is 11.9 Å². The summed E-state index contributed by atoms with van der Waals surface area (Å²) in [4.78, 5) is 24.5. The van der Waals surface area contributed by atoms with Crippen LogP contribution in [-0.2, 0) is 9.59 Å². The van der Waals surface area contributed by atoms with Crippen molar-refractivity contribution in [3.8, 4) is 5.75 Å². The molecule has 0 aromatic heterocycles. The SMILES string of the molecule is C=CC(=O)N(C)CC(=O)N[C@@H]1CCOc2c(F)ccc(F)c21. The quantitative estimate of drug-likeness (QED) is 0.859. The molecule has 118 valence electrons. The maximum absolute atomic E-state index is 13.9. The summed E-state index contributed by atoms with van der Waals surface area (Å²) in [6.45, 7) is 3.29. The molecule has 1 heterocycles. The maximum atomic E-state index is 13.9. The molecule has 1 aliphatic heterocycles. The molecule has 0 aliphatic carbocycles. The predicted molar refractivity (Wildman–Crippen MR) is 75.2 cm³/mol. The van der Waals surface area contributed by atoms with Gasteiger partial charge in [0, 0.05) is 13.5 Å². The second-order valence-electron chi connectivity index (χ2n) is 4.93. The first kappa shape index (κ1) is 15.9. The van der Waals surface area contributed by atoms with Gasteiger partial charge in [-0.1, -0.05) is 6.58 Å². The molecule has 0 saturated carbocycles. The Morgan fingerprint density at radius 2 is 2.14 bits per heavy atom. The lowest BCUT2D eigenvalue weighted by atomic mass is 9.99. The topological polar surface area (TPSA) is 58.6 Å². The highest BCUT2D eigenvalue weighted by Gasteiger charge is 2.29. The maximum Gasteiger partial charge on any atom is 0.246 e. The number of hydrogen-bond acceptors (Lipinski definition) is 3. The number of benzene rings is 1. The van der Waals surface area contributed by atoms with E-state index in [0.717, 1.165) is 18.2 Å². The number of nitrogens with zero attached hydrogens (tertiary/aromatic N) is 1. The number of carbonyl (C=O) groups is 2. The van der Waals surface area contributed by atoms with Gasteiger partial charge in [0.2, 0.25) is 11.8 Å². The summed E-state index contributed by atoms with van der Waals surface area (Å²) in [6, 6.07) is 1.28. The van der Waals surface area contributed by atoms with Crippen molar-refractivity contribution in [1.29, 1.82) is 0 Å². The number of hydrogen-bond donors (Lipinski definition) is 1. The fourth-order valence-corrected chi connectivity index (χ4v) is 2.28. The second-order valence-corrected chi connectivity index (χ2v) is 4.93. The highest BCUT2D eigenvalue weighted by Crippen LogP contribution is 2.36. The van der Waals surface area contributed by atoms with Gasteiger partial charge in [-0.05, 0) is 18.2 Å². The Hall–Kier alpha value is -2.44. The van der Waals surface area contributed by atoms with Gasteiger partial charge in [-0.25, -0.2) is 8.78 Å². The third-order valence-corrected chi connectivity index (χ3v) is 3.36. The normalized spacial score (nSPS) is 16.2. The Kier molecular flexibility index (Phi) is 4.75. The minimum Gasteiger partial charge on any atom is -0.490 e. The van der Waals surface area contributed by atoms with Gasteiger partial charge in [-0.15, -0.1) is 0 Å². The van der Waals surface area contributed by atoms with Crippen LogP contribution in [0.4, 0.5) is 8.78 Å². The van der Waals surface area contributed by atoms with Gasteiger partial charge >= 0.3 is 0 Å². The zero-order valence-electron chi connectivity index (χ0n) is 12.1. The summed E-state index contributed by atoms with van der Waals surface area (Å²) >= 11 is 0. The summed E-state index contributed by atoms with van der Waals surface area (Å²) in [7, 11) is 1.45. The van der Waals surface area contributed by atoms with Crippen molar-refractivity contribution >= 4 is 11.8 Å². The third-order valence-electron chi connectivity index (χ3n) is 3.36. The van der Waals surface area contributed by atoms with E-state index in [1.807, 2.05) is 0 Å². The standard InChI is InChI=1S/C15H16F2N2O3/c1-3-13(21)19(2)8-12(20)18-11-6-7-22-15-10(17)5-4-9(16)14(11)15/h3-5,11H,1,6-8H2,2H3,(H,18,20)/t11-/m1/s1. The van der Waals surface area contributed by atoms with Gasteiger partial charge < -0.3 is 15.0 Å². The lowest BCUT2D eigenvalue weighted by Gasteiger charge is -2.28. The van der Waals surface area contributed by atoms with E-state index in [1.54, 1.807) is 0 Å². The van der Waals surface area contributed by atoms with Gasteiger partial charge in [0.15, 0.2) is 11.6 Å². The zero-order chi connectivity index (χ0) is 16.3. The van der Waals surface area contributed by atoms with E-state index >= 15 is 0 Å². The molecule has 5 nitrogen and oxygen atoms in total. The molecule has 1 aliphatic rings. The zero-order valence-corrected chi connectivity index (χ0v) is 12.1. The van der Waals surface area contributed by atoms with Crippen molar-refractivity contribution in [3.63, 3.8) is 0 Å². The molecule has 2 amide bonds. The average Bonchev–Trinajstić information content (AvgIpc) is 2.50. The van der Waals surface area contributed by atoms with Gasteiger partial charge in [0.1, 0.15) is 5.82 Å². The van der Waals surface area contributed by atoms with Crippen LogP contribution in [0.1, 0.15) is 18.0 Å². The summed E-state index contributed by atoms with van der Waals surface area (Å²) < 4.78 is 32.7. The molecule has 0 spiro atoms. The van der Waals surface area contributed by atoms with Crippen LogP contribution < -0.4 is 10.1 Å². The van der Waals surface area contributed by atoms with E-state index in [4.69, 9.17) is 4.74 Å². The second kappa shape index (κ2) is 6.55. The average molecular weight is 310 g/mol. The molecule has 22 heavy (non-hydrogen) atoms. The summed E-state index contributed by atoms with van der Waals surface area (Å²) in [5, 5.41) is 2.60. The number of amides is 2. The van der Waals surface area contributed by atoms with E-state index < -0.39 is 29.5 Å². The van der Waals surface area contributed by atoms with Crippen LogP contribution in [0.2, 0.25) is 0 Å². The van der Waals surface area contributed by atoms with Crippen molar-refractivity contribution in [2.24, 2.45) is 0 Å². The van der Waals surface area contributed by atoms with Crippen molar-refractivity contribution < 1.29 is 23.1 Å². The van der Waals surface area contributed by atoms with Gasteiger partial charge in [0.25, 0.3) is 0 Å². The molecular formula is C15H16F2N2O3. The molecule has 0 radical (unpaired) electrons. The van der Waals surface area contributed by atoms with Crippen molar-refractivity contribution in [3.05, 3.63) is 42.0 Å². The molecular weight excluding hydrogens is 294 g/mol. The van der Waals surface area contributed by atoms with Crippen LogP contribution in [0.15, 0.2) is 24.8 Å². The monoisotopic (exact) mass is 310 g/mol. The molecule has 1 atom stereocenters. The van der Waals surface area contributed by atoms with E-state index in [-0.39, 0.29) is 24.5 Å². The number of nitrogens with one attached hydrogen (secondary N) is 1. The highest BCUT2D eigenvalue weighted by atomic mass is 19.1. The number of fused-ring (bicyclic) bond motifs is 1. The Labute approximate surface area is 126 Å². The number of likely N-dealkylation sites (N-methyl/N-ethyl adjacent to an activating group) is 1. The van der Waals surface area contributed by atoms with E-state index in [0.29, 0.717) is 6.42 Å². The molecule has 0 bridgehead atoms. The number of ether oxygens (including phenoxy) is 1. The van der Waals surface area contributed by atoms with Gasteiger partial charge in [0.05, 0.1) is 24.8 Å². The first-order valence-electron chi connectivity index (χ1n) is 6.71. The smallest absolute Gasteiger partial charge is 0.246 e. The minimum absolute atomic E-state index is 0.00250. The molecule has 0 saturated heterocycles. The van der Waals surface area contributed by atoms with E-state index in [2.05, 4.69) is 11.9 Å². The Bertz CT molecular complexity index is 619. The number of rotatable bonds is 4. The van der Waals surface area contributed by atoms with Crippen molar-refractivity contribution in [1.82, 2.24) is 10.2 Å². The number of halogens is 2. The fourth-order valence-electron chi connectivity index (χ4n) is 2.28. The largest absolute Gasteiger partial charge is 0.490 e. The van der Waals surface area contributed by atoms with Crippen LogP contribution in [0.5, 0.6) is 5.75 Å². The first-order valence-corrected chi connectivity index (χ1v) is 6.71. The van der Waals surface area contributed by atoms with Crippen LogP contribution >= 0.6 is 0 Å². The first-order chi connectivity index (χ1) is 10.4. The molecule has 7 heteroatoms. The van der Waals surface area contributed by atoms with Crippen molar-refractivity contribution in [2.45, 2.75) is 12.5 Å². The van der Waals surface area contributed by atoms with Crippen LogP contribution in [0.3, 0.4) is 0 Å². The van der Waals surface area contributed by atoms with Crippen LogP contribution in [-0.4, -0.2) is 36.9 Å². The summed E-state index contributed by atoms with van der Waals surface area (Å²) in [5.74, 6) is -2.36. The Morgan fingerprint density at radius 3 is 2.82 bits per heavy atom. The highest BCUT2D eigenvalue weighted by molar-refractivity contribution is 5.90. The fraction of sp³-hybridized carbons (Fsp3) is 0.333. The van der Waals surface area contributed by atoms with Gasteiger partial charge in [-0.2, -0.15) is 0 Å². The molecule has 1 aromatic carbocycles. The molecule has 0 unspecified atom stereocenters. The van der Waals surface area contributed by atoms with Crippen LogP contribution in [0, 0.1) is 11.6 Å². The predicted octanol–water partition coefficient (Wildman–Crippen LogP) is 1.55. The molecule has 1 aromatic rings. The minimum atomic E-state index is -0.695. The Morgan fingerprint density at radius 1 is 1.45 bits per heavy atom. The molecule has 1 N–H and O–H groups in total. The van der Waals surface area contributed by atoms with Gasteiger partial charge in [-0.3, -0.25) is 9.59 Å². The van der Waals surface area contributed by atoms with Crippen molar-refractivity contribution in [2.75, 3.05) is 20.2 Å². The lowest BCUT2D eigenvalue weighted by molar-refractivity contribution is -0.131. The summed E-state index contributed by atoms with van der Waals surface area (Å²) in [6.07, 6.45) is 1.41. The molecule has 2 rings (SSSR count). The third kappa shape index (κ3) is 3.24. The Balaban J connectivity index is 2.13. The summed E-state index contributed by atoms with van der Waals surface area (Å²) in [5.41, 5.74) is -0.00250. The molecule has 0 fully saturated rings. The lowest BCUT2D eigenvalue weighted by Crippen LogP contribution is -2.40. The number of carbonyl (C=O) groups excluding carboxylic acids is 2. The van der Waals surface area contributed by atoms with E-state index in [9.17, 15) is 18.4 Å². The van der Waals surface area contributed by atoms with Crippen LogP contribution in [0.25, 0.3) is 0 Å².